The van der Waals surface area contributed by atoms with E-state index in [2.05, 4.69) is 4.84 Å². The average Bonchev–Trinajstić information content (AvgIpc) is 2.19. The maximum atomic E-state index is 5.19. The maximum absolute atomic E-state index is 5.19. The normalized spacial score (nSPS) is 10.1. The molecule has 2 N–H and O–H groups in total. The first-order valence-corrected chi connectivity index (χ1v) is 5.07. The van der Waals surface area contributed by atoms with Gasteiger partial charge in [0.05, 0.1) is 13.7 Å². The molecule has 0 saturated carbocycles. The van der Waals surface area contributed by atoms with Gasteiger partial charge in [-0.05, 0) is 18.4 Å². The standard InChI is InChI=1S/C9H13NO2S/c1-11-9-5-8(13-2)4-3-7(9)6-12-10/h3-5H,6,10H2,1-2H3. The Bertz CT molecular complexity index is 278. The number of hydrogen-bond acceptors (Lipinski definition) is 4. The van der Waals surface area contributed by atoms with Crippen LogP contribution < -0.4 is 10.6 Å². The third-order valence-corrected chi connectivity index (χ3v) is 2.46. The van der Waals surface area contributed by atoms with Crippen molar-refractivity contribution in [2.45, 2.75) is 11.5 Å². The first-order chi connectivity index (χ1) is 6.31. The molecule has 0 fully saturated rings. The van der Waals surface area contributed by atoms with Crippen molar-refractivity contribution in [1.29, 1.82) is 0 Å². The molecule has 0 saturated heterocycles. The quantitative estimate of drug-likeness (QED) is 0.593. The van der Waals surface area contributed by atoms with Crippen molar-refractivity contribution in [2.75, 3.05) is 13.4 Å². The number of hydrogen-bond donors (Lipinski definition) is 1. The van der Waals surface area contributed by atoms with Gasteiger partial charge in [-0.15, -0.1) is 11.8 Å². The molecule has 4 heteroatoms. The highest BCUT2D eigenvalue weighted by Gasteiger charge is 2.03. The van der Waals surface area contributed by atoms with E-state index in [1.54, 1.807) is 18.9 Å². The van der Waals surface area contributed by atoms with Crippen molar-refractivity contribution in [3.63, 3.8) is 0 Å². The predicted octanol–water partition coefficient (Wildman–Crippen LogP) is 1.81. The van der Waals surface area contributed by atoms with Crippen LogP contribution in [-0.4, -0.2) is 13.4 Å². The molecule has 0 aliphatic rings. The largest absolute Gasteiger partial charge is 0.496 e. The molecule has 0 heterocycles. The first-order valence-electron chi connectivity index (χ1n) is 3.84. The lowest BCUT2D eigenvalue weighted by molar-refractivity contribution is 0.122. The molecule has 0 spiro atoms. The van der Waals surface area contributed by atoms with Gasteiger partial charge < -0.3 is 4.74 Å². The molecule has 1 aromatic carbocycles. The van der Waals surface area contributed by atoms with Crippen LogP contribution in [0.2, 0.25) is 0 Å². The summed E-state index contributed by atoms with van der Waals surface area (Å²) in [6.07, 6.45) is 2.02. The summed E-state index contributed by atoms with van der Waals surface area (Å²) < 4.78 is 5.19. The van der Waals surface area contributed by atoms with Gasteiger partial charge in [0.25, 0.3) is 0 Å². The predicted molar refractivity (Wildman–Crippen MR) is 53.8 cm³/mol. The molecule has 72 valence electrons. The lowest BCUT2D eigenvalue weighted by Gasteiger charge is -2.08. The summed E-state index contributed by atoms with van der Waals surface area (Å²) in [7, 11) is 1.64. The lowest BCUT2D eigenvalue weighted by Crippen LogP contribution is -2.01. The molecular formula is C9H13NO2S. The number of benzene rings is 1. The van der Waals surface area contributed by atoms with Crippen LogP contribution in [0, 0.1) is 0 Å². The zero-order valence-electron chi connectivity index (χ0n) is 7.74. The van der Waals surface area contributed by atoms with E-state index < -0.39 is 0 Å². The van der Waals surface area contributed by atoms with E-state index in [9.17, 15) is 0 Å². The van der Waals surface area contributed by atoms with Crippen molar-refractivity contribution < 1.29 is 9.57 Å². The number of rotatable bonds is 4. The molecule has 0 bridgehead atoms. The molecule has 1 aromatic rings. The Morgan fingerprint density at radius 3 is 2.77 bits per heavy atom. The number of thioether (sulfide) groups is 1. The van der Waals surface area contributed by atoms with Crippen LogP contribution in [0.1, 0.15) is 5.56 Å². The Hall–Kier alpha value is -0.710. The summed E-state index contributed by atoms with van der Waals surface area (Å²) in [6.45, 7) is 0.373. The van der Waals surface area contributed by atoms with E-state index in [-0.39, 0.29) is 0 Å². The fraction of sp³-hybridized carbons (Fsp3) is 0.333. The summed E-state index contributed by atoms with van der Waals surface area (Å²) in [6, 6.07) is 5.94. The third-order valence-electron chi connectivity index (χ3n) is 1.73. The lowest BCUT2D eigenvalue weighted by atomic mass is 10.2. The zero-order chi connectivity index (χ0) is 9.68. The van der Waals surface area contributed by atoms with Gasteiger partial charge in [-0.25, -0.2) is 5.90 Å². The van der Waals surface area contributed by atoms with Crippen LogP contribution >= 0.6 is 11.8 Å². The Balaban J connectivity index is 2.93. The number of nitrogens with two attached hydrogens (primary N) is 1. The first kappa shape index (κ1) is 10.4. The van der Waals surface area contributed by atoms with Crippen LogP contribution in [0.15, 0.2) is 23.1 Å². The SMILES string of the molecule is COc1cc(SC)ccc1CON. The van der Waals surface area contributed by atoms with Gasteiger partial charge >= 0.3 is 0 Å². The van der Waals surface area contributed by atoms with Crippen LogP contribution in [0.25, 0.3) is 0 Å². The highest BCUT2D eigenvalue weighted by molar-refractivity contribution is 7.98. The second kappa shape index (κ2) is 5.11. The fourth-order valence-corrected chi connectivity index (χ4v) is 1.49. The topological polar surface area (TPSA) is 44.5 Å². The molecule has 0 aliphatic heterocycles. The minimum absolute atomic E-state index is 0.373. The van der Waals surface area contributed by atoms with E-state index in [4.69, 9.17) is 10.6 Å². The molecular weight excluding hydrogens is 186 g/mol. The van der Waals surface area contributed by atoms with Crippen LogP contribution in [0.3, 0.4) is 0 Å². The van der Waals surface area contributed by atoms with E-state index in [0.717, 1.165) is 16.2 Å². The van der Waals surface area contributed by atoms with Crippen LogP contribution in [-0.2, 0) is 11.4 Å². The van der Waals surface area contributed by atoms with Gasteiger partial charge in [0.2, 0.25) is 0 Å². The Morgan fingerprint density at radius 1 is 1.46 bits per heavy atom. The Labute approximate surface area is 82.2 Å². The molecule has 0 unspecified atom stereocenters. The molecule has 0 aliphatic carbocycles. The summed E-state index contributed by atoms with van der Waals surface area (Å²) in [4.78, 5) is 5.72. The third kappa shape index (κ3) is 2.62. The van der Waals surface area contributed by atoms with Gasteiger partial charge in [-0.3, -0.25) is 4.84 Å². The molecule has 13 heavy (non-hydrogen) atoms. The Morgan fingerprint density at radius 2 is 2.23 bits per heavy atom. The summed E-state index contributed by atoms with van der Waals surface area (Å²) in [5.41, 5.74) is 0.961. The molecule has 0 amide bonds. The molecule has 1 rings (SSSR count). The summed E-state index contributed by atoms with van der Waals surface area (Å²) >= 11 is 1.67. The summed E-state index contributed by atoms with van der Waals surface area (Å²) in [5.74, 6) is 5.81. The minimum atomic E-state index is 0.373. The molecule has 3 nitrogen and oxygen atoms in total. The fourth-order valence-electron chi connectivity index (χ4n) is 1.06. The molecule has 0 aromatic heterocycles. The molecule has 0 radical (unpaired) electrons. The van der Waals surface area contributed by atoms with E-state index in [0.29, 0.717) is 6.61 Å². The molecule has 0 atom stereocenters. The van der Waals surface area contributed by atoms with Crippen molar-refractivity contribution in [1.82, 2.24) is 0 Å². The highest BCUT2D eigenvalue weighted by Crippen LogP contribution is 2.25. The van der Waals surface area contributed by atoms with E-state index >= 15 is 0 Å². The van der Waals surface area contributed by atoms with Gasteiger partial charge in [0.1, 0.15) is 5.75 Å². The van der Waals surface area contributed by atoms with Gasteiger partial charge in [-0.2, -0.15) is 0 Å². The number of methoxy groups -OCH3 is 1. The van der Waals surface area contributed by atoms with Crippen molar-refractivity contribution in [3.8, 4) is 5.75 Å². The van der Waals surface area contributed by atoms with E-state index in [1.807, 2.05) is 24.5 Å². The van der Waals surface area contributed by atoms with Gasteiger partial charge in [-0.1, -0.05) is 6.07 Å². The van der Waals surface area contributed by atoms with E-state index in [1.165, 1.54) is 0 Å². The minimum Gasteiger partial charge on any atom is -0.496 e. The van der Waals surface area contributed by atoms with Gasteiger partial charge in [0.15, 0.2) is 0 Å². The highest BCUT2D eigenvalue weighted by atomic mass is 32.2. The Kier molecular flexibility index (Phi) is 4.08. The van der Waals surface area contributed by atoms with Crippen molar-refractivity contribution in [3.05, 3.63) is 23.8 Å². The summed E-state index contributed by atoms with van der Waals surface area (Å²) in [5, 5.41) is 0. The van der Waals surface area contributed by atoms with Crippen molar-refractivity contribution in [2.24, 2.45) is 5.90 Å². The van der Waals surface area contributed by atoms with Crippen LogP contribution in [0.5, 0.6) is 5.75 Å². The smallest absolute Gasteiger partial charge is 0.125 e. The number of ether oxygens (including phenoxy) is 1. The van der Waals surface area contributed by atoms with Crippen molar-refractivity contribution >= 4 is 11.8 Å². The zero-order valence-corrected chi connectivity index (χ0v) is 8.56. The second-order valence-corrected chi connectivity index (χ2v) is 3.37. The average molecular weight is 199 g/mol. The second-order valence-electron chi connectivity index (χ2n) is 2.49. The maximum Gasteiger partial charge on any atom is 0.125 e. The van der Waals surface area contributed by atoms with Crippen LogP contribution in [0.4, 0.5) is 0 Å². The van der Waals surface area contributed by atoms with Gasteiger partial charge in [0, 0.05) is 10.5 Å². The monoisotopic (exact) mass is 199 g/mol.